The van der Waals surface area contributed by atoms with Gasteiger partial charge in [0, 0.05) is 12.8 Å². The van der Waals surface area contributed by atoms with Gasteiger partial charge in [0.25, 0.3) is 0 Å². The Bertz CT molecular complexity index is 1760. The second-order valence-electron chi connectivity index (χ2n) is 26.1. The number of phosphoric ester groups is 1. The number of quaternary nitrogens is 1. The van der Waals surface area contributed by atoms with Gasteiger partial charge in [-0.3, -0.25) is 18.6 Å². The molecule has 0 aliphatic carbocycles. The number of carbonyl (C=O) groups is 2. The normalized spacial score (nSPS) is 14.0. The van der Waals surface area contributed by atoms with Crippen molar-refractivity contribution < 1.29 is 37.3 Å². The minimum absolute atomic E-state index is 0.0360. The van der Waals surface area contributed by atoms with Crippen molar-refractivity contribution in [2.75, 3.05) is 40.9 Å². The lowest BCUT2D eigenvalue weighted by atomic mass is 10.0. The molecule has 0 bridgehead atoms. The number of likely N-dealkylation sites (N-methyl/N-ethyl adjacent to an activating group) is 1. The van der Waals surface area contributed by atoms with Crippen LogP contribution in [0.1, 0.15) is 342 Å². The Morgan fingerprint density at radius 2 is 0.701 bits per heavy atom. The minimum Gasteiger partial charge on any atom is -0.456 e. The molecule has 0 heterocycles. The average molecular weight is 1240 g/mol. The van der Waals surface area contributed by atoms with E-state index in [0.717, 1.165) is 96.3 Å². The molecule has 0 radical (unpaired) electrons. The van der Waals surface area contributed by atoms with Crippen molar-refractivity contribution in [2.45, 2.75) is 354 Å². The molecule has 0 spiro atoms. The highest BCUT2D eigenvalue weighted by molar-refractivity contribution is 7.47. The molecule has 0 rings (SSSR count). The second-order valence-corrected chi connectivity index (χ2v) is 27.6. The van der Waals surface area contributed by atoms with Crippen LogP contribution in [0.3, 0.4) is 0 Å². The Morgan fingerprint density at radius 1 is 0.402 bits per heavy atom. The van der Waals surface area contributed by atoms with Crippen LogP contribution < -0.4 is 5.32 Å². The molecule has 0 saturated heterocycles. The molecule has 0 fully saturated rings. The van der Waals surface area contributed by atoms with Gasteiger partial charge in [-0.25, -0.2) is 4.57 Å². The monoisotopic (exact) mass is 1240 g/mol. The maximum Gasteiger partial charge on any atom is 0.472 e. The van der Waals surface area contributed by atoms with E-state index in [0.29, 0.717) is 17.4 Å². The Morgan fingerprint density at radius 3 is 1.07 bits per heavy atom. The third kappa shape index (κ3) is 67.4. The van der Waals surface area contributed by atoms with Gasteiger partial charge in [0.05, 0.1) is 33.8 Å². The number of nitrogens with zero attached hydrogens (tertiary/aromatic N) is 1. The highest BCUT2D eigenvalue weighted by Crippen LogP contribution is 2.43. The molecule has 10 heteroatoms. The number of hydrogen-bond acceptors (Lipinski definition) is 6. The van der Waals surface area contributed by atoms with Gasteiger partial charge in [-0.15, -0.1) is 0 Å². The molecule has 2 N–H and O–H groups in total. The van der Waals surface area contributed by atoms with Crippen molar-refractivity contribution in [1.82, 2.24) is 5.32 Å². The molecule has 0 saturated carbocycles. The van der Waals surface area contributed by atoms with Crippen LogP contribution in [0.2, 0.25) is 0 Å². The predicted molar refractivity (Wildman–Crippen MR) is 378 cm³/mol. The highest BCUT2D eigenvalue weighted by atomic mass is 31.2. The number of rotatable bonds is 67. The fourth-order valence-electron chi connectivity index (χ4n) is 10.6. The summed E-state index contributed by atoms with van der Waals surface area (Å²) in [5.74, 6) is -0.509. The molecule has 0 aromatic rings. The van der Waals surface area contributed by atoms with E-state index in [1.807, 2.05) is 33.3 Å². The first kappa shape index (κ1) is 84.2. The fourth-order valence-corrected chi connectivity index (χ4v) is 11.3. The number of esters is 1. The number of ether oxygens (including phenoxy) is 1. The smallest absolute Gasteiger partial charge is 0.456 e. The lowest BCUT2D eigenvalue weighted by Crippen LogP contribution is -2.47. The molecule has 9 nitrogen and oxygen atoms in total. The molecule has 1 amide bonds. The van der Waals surface area contributed by atoms with Crippen LogP contribution in [0.4, 0.5) is 0 Å². The van der Waals surface area contributed by atoms with Crippen molar-refractivity contribution in [3.05, 3.63) is 85.1 Å². The van der Waals surface area contributed by atoms with Crippen LogP contribution in [0.5, 0.6) is 0 Å². The Kier molecular flexibility index (Phi) is 64.0. The lowest BCUT2D eigenvalue weighted by molar-refractivity contribution is -0.870. The fraction of sp³-hybridized carbons (Fsp3) is 0.792. The van der Waals surface area contributed by atoms with Gasteiger partial charge >= 0.3 is 13.8 Å². The third-order valence-corrected chi connectivity index (χ3v) is 17.3. The van der Waals surface area contributed by atoms with E-state index in [-0.39, 0.29) is 31.5 Å². The number of unbranched alkanes of at least 4 members (excludes halogenated alkanes) is 39. The molecule has 506 valence electrons. The number of carbonyl (C=O) groups excluding carboxylic acids is 2. The first-order chi connectivity index (χ1) is 42.4. The van der Waals surface area contributed by atoms with Crippen LogP contribution in [0.25, 0.3) is 0 Å². The zero-order valence-corrected chi connectivity index (χ0v) is 58.9. The van der Waals surface area contributed by atoms with E-state index in [9.17, 15) is 19.0 Å². The molecule has 3 atom stereocenters. The number of hydrogen-bond donors (Lipinski definition) is 2. The molecule has 3 unspecified atom stereocenters. The van der Waals surface area contributed by atoms with E-state index in [2.05, 4.69) is 99.0 Å². The molecule has 0 aromatic heterocycles. The van der Waals surface area contributed by atoms with Gasteiger partial charge in [-0.05, 0) is 109 Å². The largest absolute Gasteiger partial charge is 0.472 e. The first-order valence-corrected chi connectivity index (χ1v) is 38.4. The number of nitrogens with one attached hydrogen (secondary N) is 1. The SMILES string of the molecule is CCCCC/C=C\C/C=C\C/C=C\C/C=C\CCCCCCCCCC(=O)NC(COP(=O)(O)OCC[N+](C)(C)C)C(/C=C/CCCCCCCCCCC)OC(=O)CCCCCCCCCCCCCCCCCCC/C=C\C/C=C\CCCCC. The quantitative estimate of drug-likeness (QED) is 0.0205. The van der Waals surface area contributed by atoms with E-state index in [4.69, 9.17) is 13.8 Å². The zero-order chi connectivity index (χ0) is 63.5. The standard InChI is InChI=1S/C77H141N2O7P/c1-7-10-13-16-19-22-25-27-29-31-33-35-37-38-39-40-42-44-46-48-50-52-55-58-61-64-67-70-77(81)86-75(68-65-62-59-56-53-24-21-18-15-12-9-3)74(73-85-87(82,83)84-72-71-79(4,5)6)78-76(80)69-66-63-60-57-54-51-49-47-45-43-41-36-34-32-30-28-26-23-20-17-14-11-8-2/h19-20,22-23,27-30,34,36,43,45,65,68,74-75H,7-18,21,24-26,31-33,35,37-42,44,46-64,66-67,69-73H2,1-6H3,(H-,78,80,82,83)/p+1/b22-19-,23-20-,29-27-,30-28-,36-34-,45-43-,68-65+. The van der Waals surface area contributed by atoms with Crippen LogP contribution in [0.15, 0.2) is 85.1 Å². The molecular formula is C77H142N2O7P+. The van der Waals surface area contributed by atoms with Crippen LogP contribution in [-0.4, -0.2) is 74.3 Å². The minimum atomic E-state index is -4.46. The van der Waals surface area contributed by atoms with E-state index < -0.39 is 20.0 Å². The average Bonchev–Trinajstić information content (AvgIpc) is 3.70. The molecular weight excluding hydrogens is 1100 g/mol. The van der Waals surface area contributed by atoms with Crippen LogP contribution >= 0.6 is 7.82 Å². The number of allylic oxidation sites excluding steroid dienone is 13. The van der Waals surface area contributed by atoms with Crippen LogP contribution in [0, 0.1) is 0 Å². The summed E-state index contributed by atoms with van der Waals surface area (Å²) in [5, 5.41) is 3.07. The molecule has 0 aromatic carbocycles. The van der Waals surface area contributed by atoms with E-state index >= 15 is 0 Å². The summed E-state index contributed by atoms with van der Waals surface area (Å²) >= 11 is 0. The lowest BCUT2D eigenvalue weighted by Gasteiger charge is -2.27. The van der Waals surface area contributed by atoms with E-state index in [1.165, 1.54) is 212 Å². The topological polar surface area (TPSA) is 111 Å². The zero-order valence-electron chi connectivity index (χ0n) is 58.0. The summed E-state index contributed by atoms with van der Waals surface area (Å²) in [4.78, 5) is 37.9. The molecule has 0 aliphatic rings. The first-order valence-electron chi connectivity index (χ1n) is 36.9. The van der Waals surface area contributed by atoms with Crippen molar-refractivity contribution in [3.8, 4) is 0 Å². The summed E-state index contributed by atoms with van der Waals surface area (Å²) < 4.78 is 30.8. The Balaban J connectivity index is 4.98. The highest BCUT2D eigenvalue weighted by Gasteiger charge is 2.30. The summed E-state index contributed by atoms with van der Waals surface area (Å²) in [6.07, 6.45) is 88.9. The van der Waals surface area contributed by atoms with Gasteiger partial charge < -0.3 is 19.4 Å². The van der Waals surface area contributed by atoms with Crippen molar-refractivity contribution in [3.63, 3.8) is 0 Å². The van der Waals surface area contributed by atoms with Gasteiger partial charge in [0.2, 0.25) is 5.91 Å². The number of phosphoric acid groups is 1. The molecule has 87 heavy (non-hydrogen) atoms. The summed E-state index contributed by atoms with van der Waals surface area (Å²) in [5.41, 5.74) is 0. The van der Waals surface area contributed by atoms with Gasteiger partial charge in [0.1, 0.15) is 19.3 Å². The Hall–Kier alpha value is -2.81. The third-order valence-electron chi connectivity index (χ3n) is 16.3. The Labute approximate surface area is 539 Å². The number of amides is 1. The summed E-state index contributed by atoms with van der Waals surface area (Å²) in [7, 11) is 1.49. The van der Waals surface area contributed by atoms with Crippen molar-refractivity contribution in [1.29, 1.82) is 0 Å². The van der Waals surface area contributed by atoms with E-state index in [1.54, 1.807) is 0 Å². The van der Waals surface area contributed by atoms with Gasteiger partial charge in [-0.1, -0.05) is 305 Å². The predicted octanol–water partition coefficient (Wildman–Crippen LogP) is 23.7. The van der Waals surface area contributed by atoms with Crippen molar-refractivity contribution in [2.24, 2.45) is 0 Å². The maximum atomic E-state index is 13.6. The maximum absolute atomic E-state index is 13.6. The van der Waals surface area contributed by atoms with Crippen molar-refractivity contribution >= 4 is 19.7 Å². The summed E-state index contributed by atoms with van der Waals surface area (Å²) in [6, 6.07) is -0.858. The van der Waals surface area contributed by atoms with Gasteiger partial charge in [0.15, 0.2) is 0 Å². The van der Waals surface area contributed by atoms with Crippen LogP contribution in [-0.2, 0) is 27.9 Å². The second kappa shape index (κ2) is 66.1. The molecule has 0 aliphatic heterocycles. The van der Waals surface area contributed by atoms with Gasteiger partial charge in [-0.2, -0.15) is 0 Å². The summed E-state index contributed by atoms with van der Waals surface area (Å²) in [6.45, 7) is 6.98.